The summed E-state index contributed by atoms with van der Waals surface area (Å²) in [5, 5.41) is 5.32. The molecule has 1 unspecified atom stereocenters. The van der Waals surface area contributed by atoms with Crippen LogP contribution in [0.2, 0.25) is 0 Å². The topological polar surface area (TPSA) is 67.4 Å². The Kier molecular flexibility index (Phi) is 4.74. The molecule has 0 aliphatic heterocycles. The van der Waals surface area contributed by atoms with E-state index in [1.807, 2.05) is 0 Å². The average molecular weight is 276 g/mol. The number of ether oxygens (including phenoxy) is 1. The molecule has 5 nitrogen and oxygen atoms in total. The third-order valence-corrected chi connectivity index (χ3v) is 3.29. The maximum Gasteiger partial charge on any atom is 0.253 e. The summed E-state index contributed by atoms with van der Waals surface area (Å²) in [5.41, 5.74) is 1.22. The largest absolute Gasteiger partial charge is 0.368 e. The van der Waals surface area contributed by atoms with Crippen LogP contribution in [-0.4, -0.2) is 31.6 Å². The predicted molar refractivity (Wildman–Crippen MR) is 76.6 cm³/mol. The van der Waals surface area contributed by atoms with Crippen molar-refractivity contribution in [2.24, 2.45) is 5.92 Å². The van der Waals surface area contributed by atoms with E-state index in [2.05, 4.69) is 10.6 Å². The van der Waals surface area contributed by atoms with Gasteiger partial charge in [0.05, 0.1) is 6.61 Å². The molecular formula is C15H20N2O3. The first-order valence-corrected chi connectivity index (χ1v) is 6.84. The Morgan fingerprint density at radius 1 is 1.30 bits per heavy atom. The van der Waals surface area contributed by atoms with E-state index in [9.17, 15) is 9.59 Å². The fourth-order valence-electron chi connectivity index (χ4n) is 1.73. The van der Waals surface area contributed by atoms with Gasteiger partial charge in [-0.1, -0.05) is 0 Å². The third kappa shape index (κ3) is 4.06. The molecule has 1 aromatic rings. The fraction of sp³-hybridized carbons (Fsp3) is 0.467. The van der Waals surface area contributed by atoms with Gasteiger partial charge >= 0.3 is 0 Å². The highest BCUT2D eigenvalue weighted by Crippen LogP contribution is 2.29. The molecule has 0 bridgehead atoms. The second kappa shape index (κ2) is 6.52. The van der Waals surface area contributed by atoms with Crippen molar-refractivity contribution in [2.75, 3.05) is 19.0 Å². The molecule has 0 spiro atoms. The van der Waals surface area contributed by atoms with Crippen LogP contribution in [0.15, 0.2) is 24.3 Å². The summed E-state index contributed by atoms with van der Waals surface area (Å²) in [7, 11) is 1.58. The maximum atomic E-state index is 11.9. The second-order valence-electron chi connectivity index (χ2n) is 5.06. The molecule has 0 aromatic heterocycles. The summed E-state index contributed by atoms with van der Waals surface area (Å²) in [4.78, 5) is 23.3. The van der Waals surface area contributed by atoms with E-state index in [1.165, 1.54) is 12.8 Å². The molecule has 2 N–H and O–H groups in total. The molecule has 1 saturated carbocycles. The Hall–Kier alpha value is -1.88. The Balaban J connectivity index is 1.84. The third-order valence-electron chi connectivity index (χ3n) is 3.29. The summed E-state index contributed by atoms with van der Waals surface area (Å²) >= 11 is 0. The van der Waals surface area contributed by atoms with Gasteiger partial charge in [-0.05, 0) is 49.9 Å². The lowest BCUT2D eigenvalue weighted by atomic mass is 10.2. The second-order valence-corrected chi connectivity index (χ2v) is 5.06. The zero-order valence-corrected chi connectivity index (χ0v) is 11.8. The molecule has 0 radical (unpaired) electrons. The van der Waals surface area contributed by atoms with E-state index in [-0.39, 0.29) is 11.8 Å². The Morgan fingerprint density at radius 2 is 1.95 bits per heavy atom. The predicted octanol–water partition coefficient (Wildman–Crippen LogP) is 1.80. The van der Waals surface area contributed by atoms with Crippen molar-refractivity contribution >= 4 is 17.5 Å². The number of hydrogen-bond acceptors (Lipinski definition) is 3. The van der Waals surface area contributed by atoms with Gasteiger partial charge in [0.2, 0.25) is 0 Å². The lowest BCUT2D eigenvalue weighted by Gasteiger charge is -2.13. The van der Waals surface area contributed by atoms with Crippen LogP contribution in [0, 0.1) is 5.92 Å². The van der Waals surface area contributed by atoms with Gasteiger partial charge in [0.1, 0.15) is 6.10 Å². The van der Waals surface area contributed by atoms with Gasteiger partial charge in [-0.25, -0.2) is 0 Å². The van der Waals surface area contributed by atoms with Crippen LogP contribution in [0.5, 0.6) is 0 Å². The zero-order valence-electron chi connectivity index (χ0n) is 11.8. The van der Waals surface area contributed by atoms with Crippen molar-refractivity contribution in [3.05, 3.63) is 29.8 Å². The molecule has 1 aliphatic carbocycles. The van der Waals surface area contributed by atoms with Gasteiger partial charge in [-0.2, -0.15) is 0 Å². The van der Waals surface area contributed by atoms with E-state index < -0.39 is 6.10 Å². The summed E-state index contributed by atoms with van der Waals surface area (Å²) in [6.45, 7) is 2.40. The van der Waals surface area contributed by atoms with Gasteiger partial charge in [-0.15, -0.1) is 0 Å². The maximum absolute atomic E-state index is 11.9. The van der Waals surface area contributed by atoms with Gasteiger partial charge < -0.3 is 15.4 Å². The van der Waals surface area contributed by atoms with E-state index in [1.54, 1.807) is 38.2 Å². The van der Waals surface area contributed by atoms with Gasteiger partial charge in [0.25, 0.3) is 11.8 Å². The van der Waals surface area contributed by atoms with Crippen LogP contribution in [0.1, 0.15) is 30.1 Å². The number of hydrogen-bond donors (Lipinski definition) is 2. The Bertz CT molecular complexity index is 480. The van der Waals surface area contributed by atoms with Crippen molar-refractivity contribution in [3.63, 3.8) is 0 Å². The van der Waals surface area contributed by atoms with E-state index in [0.717, 1.165) is 0 Å². The van der Waals surface area contributed by atoms with Crippen molar-refractivity contribution in [1.29, 1.82) is 0 Å². The molecule has 1 atom stereocenters. The number of anilines is 1. The number of amides is 2. The minimum absolute atomic E-state index is 0.149. The SMILES string of the molecule is CNC(=O)c1ccc(NC(=O)C(C)OCC2CC2)cc1. The van der Waals surface area contributed by atoms with Crippen LogP contribution < -0.4 is 10.6 Å². The van der Waals surface area contributed by atoms with E-state index in [4.69, 9.17) is 4.74 Å². The molecule has 0 heterocycles. The highest BCUT2D eigenvalue weighted by molar-refractivity contribution is 5.96. The molecule has 108 valence electrons. The average Bonchev–Trinajstić information content (AvgIpc) is 3.28. The number of benzene rings is 1. The minimum Gasteiger partial charge on any atom is -0.368 e. The molecule has 1 aliphatic rings. The van der Waals surface area contributed by atoms with E-state index in [0.29, 0.717) is 23.8 Å². The van der Waals surface area contributed by atoms with Crippen molar-refractivity contribution < 1.29 is 14.3 Å². The van der Waals surface area contributed by atoms with Gasteiger partial charge in [-0.3, -0.25) is 9.59 Å². The molecule has 2 rings (SSSR count). The zero-order chi connectivity index (χ0) is 14.5. The molecule has 5 heteroatoms. The lowest BCUT2D eigenvalue weighted by Crippen LogP contribution is -2.28. The van der Waals surface area contributed by atoms with Gasteiger partial charge in [0, 0.05) is 18.3 Å². The minimum atomic E-state index is -0.464. The first-order chi connectivity index (χ1) is 9.60. The number of carbonyl (C=O) groups is 2. The molecule has 0 saturated heterocycles. The fourth-order valence-corrected chi connectivity index (χ4v) is 1.73. The van der Waals surface area contributed by atoms with Crippen LogP contribution in [-0.2, 0) is 9.53 Å². The van der Waals surface area contributed by atoms with Crippen LogP contribution in [0.4, 0.5) is 5.69 Å². The molecule has 1 aromatic carbocycles. The lowest BCUT2D eigenvalue weighted by molar-refractivity contribution is -0.126. The highest BCUT2D eigenvalue weighted by atomic mass is 16.5. The quantitative estimate of drug-likeness (QED) is 0.832. The molecule has 1 fully saturated rings. The Labute approximate surface area is 118 Å². The first-order valence-electron chi connectivity index (χ1n) is 6.84. The number of nitrogens with one attached hydrogen (secondary N) is 2. The first kappa shape index (κ1) is 14.5. The molecule has 20 heavy (non-hydrogen) atoms. The van der Waals surface area contributed by atoms with Crippen LogP contribution in [0.3, 0.4) is 0 Å². The Morgan fingerprint density at radius 3 is 2.50 bits per heavy atom. The standard InChI is InChI=1S/C15H20N2O3/c1-10(20-9-11-3-4-11)14(18)17-13-7-5-12(6-8-13)15(19)16-2/h5-8,10-11H,3-4,9H2,1-2H3,(H,16,19)(H,17,18). The van der Waals surface area contributed by atoms with Gasteiger partial charge in [0.15, 0.2) is 0 Å². The monoisotopic (exact) mass is 276 g/mol. The van der Waals surface area contributed by atoms with Crippen molar-refractivity contribution in [1.82, 2.24) is 5.32 Å². The highest BCUT2D eigenvalue weighted by Gasteiger charge is 2.24. The summed E-state index contributed by atoms with van der Waals surface area (Å²) < 4.78 is 5.50. The van der Waals surface area contributed by atoms with Crippen molar-refractivity contribution in [3.8, 4) is 0 Å². The van der Waals surface area contributed by atoms with Crippen molar-refractivity contribution in [2.45, 2.75) is 25.9 Å². The summed E-state index contributed by atoms with van der Waals surface area (Å²) in [6.07, 6.45) is 1.94. The number of rotatable bonds is 6. The molecule has 2 amide bonds. The van der Waals surface area contributed by atoms with E-state index >= 15 is 0 Å². The van der Waals surface area contributed by atoms with Crippen LogP contribution >= 0.6 is 0 Å². The number of carbonyl (C=O) groups excluding carboxylic acids is 2. The summed E-state index contributed by atoms with van der Waals surface area (Å²) in [6, 6.07) is 6.75. The summed E-state index contributed by atoms with van der Waals surface area (Å²) in [5.74, 6) is 0.319. The smallest absolute Gasteiger partial charge is 0.253 e. The normalized spacial score (nSPS) is 15.5. The molecular weight excluding hydrogens is 256 g/mol. The van der Waals surface area contributed by atoms with Crippen LogP contribution in [0.25, 0.3) is 0 Å².